The van der Waals surface area contributed by atoms with Crippen LogP contribution in [0.4, 0.5) is 23.2 Å². The van der Waals surface area contributed by atoms with E-state index >= 15 is 0 Å². The molecule has 0 radical (unpaired) electrons. The summed E-state index contributed by atoms with van der Waals surface area (Å²) < 4.78 is 51.7. The van der Waals surface area contributed by atoms with E-state index < -0.39 is 33.5 Å². The first kappa shape index (κ1) is 15.2. The first-order valence-corrected chi connectivity index (χ1v) is 5.80. The summed E-state index contributed by atoms with van der Waals surface area (Å²) in [5.74, 6) is -0.596. The molecule has 21 heavy (non-hydrogen) atoms. The van der Waals surface area contributed by atoms with Crippen molar-refractivity contribution in [3.05, 3.63) is 56.6 Å². The van der Waals surface area contributed by atoms with Crippen molar-refractivity contribution in [2.45, 2.75) is 12.7 Å². The Balaban J connectivity index is 2.48. The van der Waals surface area contributed by atoms with Gasteiger partial charge in [0.1, 0.15) is 5.82 Å². The molecule has 0 bridgehead atoms. The van der Waals surface area contributed by atoms with Crippen LogP contribution in [-0.4, -0.2) is 14.7 Å². The van der Waals surface area contributed by atoms with Crippen molar-refractivity contribution in [2.24, 2.45) is 0 Å². The van der Waals surface area contributed by atoms with Gasteiger partial charge in [-0.25, -0.2) is 9.07 Å². The van der Waals surface area contributed by atoms with Crippen LogP contribution in [0.2, 0.25) is 5.15 Å². The van der Waals surface area contributed by atoms with Crippen molar-refractivity contribution in [3.63, 3.8) is 0 Å². The van der Waals surface area contributed by atoms with Gasteiger partial charge in [-0.1, -0.05) is 23.7 Å². The van der Waals surface area contributed by atoms with Crippen LogP contribution in [0.1, 0.15) is 11.3 Å². The van der Waals surface area contributed by atoms with Gasteiger partial charge in [0, 0.05) is 0 Å². The summed E-state index contributed by atoms with van der Waals surface area (Å²) in [6.07, 6.45) is -5.01. The Bertz CT molecular complexity index is 699. The second kappa shape index (κ2) is 5.32. The van der Waals surface area contributed by atoms with Gasteiger partial charge in [0.05, 0.1) is 11.5 Å². The minimum atomic E-state index is -5.01. The summed E-state index contributed by atoms with van der Waals surface area (Å²) in [4.78, 5) is 9.47. The maximum Gasteiger partial charge on any atom is 0.442 e. The Morgan fingerprint density at radius 3 is 2.52 bits per heavy atom. The lowest BCUT2D eigenvalue weighted by atomic mass is 10.2. The van der Waals surface area contributed by atoms with E-state index in [2.05, 4.69) is 5.10 Å². The molecule has 2 aromatic rings. The third-order valence-corrected chi connectivity index (χ3v) is 2.91. The molecule has 0 aliphatic rings. The number of benzene rings is 1. The highest BCUT2D eigenvalue weighted by Gasteiger charge is 2.44. The third kappa shape index (κ3) is 3.13. The molecule has 0 amide bonds. The summed E-state index contributed by atoms with van der Waals surface area (Å²) in [5, 5.41) is 13.1. The lowest BCUT2D eigenvalue weighted by molar-refractivity contribution is -0.388. The van der Waals surface area contributed by atoms with Gasteiger partial charge < -0.3 is 0 Å². The molecule has 0 spiro atoms. The first-order valence-electron chi connectivity index (χ1n) is 5.42. The number of hydrogen-bond donors (Lipinski definition) is 0. The van der Waals surface area contributed by atoms with Gasteiger partial charge in [0.15, 0.2) is 0 Å². The van der Waals surface area contributed by atoms with Gasteiger partial charge in [0.2, 0.25) is 10.8 Å². The van der Waals surface area contributed by atoms with Crippen molar-refractivity contribution < 1.29 is 22.5 Å². The van der Waals surface area contributed by atoms with Crippen molar-refractivity contribution in [3.8, 4) is 0 Å². The van der Waals surface area contributed by atoms with Crippen molar-refractivity contribution in [1.82, 2.24) is 9.78 Å². The average Bonchev–Trinajstić information content (AvgIpc) is 2.67. The van der Waals surface area contributed by atoms with Crippen LogP contribution in [0.15, 0.2) is 24.3 Å². The zero-order valence-corrected chi connectivity index (χ0v) is 10.8. The molecule has 10 heteroatoms. The van der Waals surface area contributed by atoms with Crippen LogP contribution >= 0.6 is 11.6 Å². The molecule has 0 saturated heterocycles. The molecule has 0 N–H and O–H groups in total. The van der Waals surface area contributed by atoms with Crippen molar-refractivity contribution in [2.75, 3.05) is 0 Å². The van der Waals surface area contributed by atoms with Crippen LogP contribution in [0.5, 0.6) is 0 Å². The summed E-state index contributed by atoms with van der Waals surface area (Å²) in [6.45, 7) is -0.326. The highest BCUT2D eigenvalue weighted by molar-refractivity contribution is 6.31. The molecule has 1 aromatic carbocycles. The smallest absolute Gasteiger partial charge is 0.258 e. The second-order valence-electron chi connectivity index (χ2n) is 4.03. The predicted octanol–water partition coefficient (Wildman–Crippen LogP) is 3.65. The Kier molecular flexibility index (Phi) is 3.86. The Labute approximate surface area is 119 Å². The maximum atomic E-state index is 13.0. The Morgan fingerprint density at radius 2 is 2.05 bits per heavy atom. The fourth-order valence-electron chi connectivity index (χ4n) is 1.70. The molecule has 2 rings (SSSR count). The van der Waals surface area contributed by atoms with E-state index in [9.17, 15) is 27.7 Å². The number of nitrogens with zero attached hydrogens (tertiary/aromatic N) is 3. The average molecular weight is 324 g/mol. The van der Waals surface area contributed by atoms with Crippen molar-refractivity contribution in [1.29, 1.82) is 0 Å². The van der Waals surface area contributed by atoms with Crippen LogP contribution in [0, 0.1) is 15.9 Å². The summed E-state index contributed by atoms with van der Waals surface area (Å²) in [7, 11) is 0. The topological polar surface area (TPSA) is 61.0 Å². The van der Waals surface area contributed by atoms with Gasteiger partial charge in [-0.05, 0) is 17.7 Å². The molecule has 0 saturated carbocycles. The van der Waals surface area contributed by atoms with Gasteiger partial charge in [-0.3, -0.25) is 10.1 Å². The first-order chi connectivity index (χ1) is 9.70. The molecule has 1 heterocycles. The summed E-state index contributed by atoms with van der Waals surface area (Å²) in [5.41, 5.74) is -2.74. The number of alkyl halides is 3. The zero-order valence-electron chi connectivity index (χ0n) is 10.1. The van der Waals surface area contributed by atoms with Crippen molar-refractivity contribution >= 4 is 17.3 Å². The van der Waals surface area contributed by atoms with Crippen LogP contribution in [0.25, 0.3) is 0 Å². The lowest BCUT2D eigenvalue weighted by Gasteiger charge is -2.03. The Hall–Kier alpha value is -2.16. The number of halogens is 5. The third-order valence-electron chi connectivity index (χ3n) is 2.54. The van der Waals surface area contributed by atoms with E-state index in [0.29, 0.717) is 4.68 Å². The second-order valence-corrected chi connectivity index (χ2v) is 4.39. The van der Waals surface area contributed by atoms with Crippen LogP contribution in [-0.2, 0) is 12.7 Å². The minimum Gasteiger partial charge on any atom is -0.258 e. The largest absolute Gasteiger partial charge is 0.442 e. The molecule has 5 nitrogen and oxygen atoms in total. The van der Waals surface area contributed by atoms with E-state index in [1.54, 1.807) is 0 Å². The van der Waals surface area contributed by atoms with Crippen LogP contribution in [0.3, 0.4) is 0 Å². The number of hydrogen-bond acceptors (Lipinski definition) is 3. The van der Waals surface area contributed by atoms with Gasteiger partial charge in [0.25, 0.3) is 0 Å². The molecule has 0 unspecified atom stereocenters. The standard InChI is InChI=1S/C11H6ClF4N3O2/c12-10-8(19(20)21)9(11(14,15)16)17-18(10)5-6-2-1-3-7(13)4-6/h1-4H,5H2. The quantitative estimate of drug-likeness (QED) is 0.492. The molecule has 0 aliphatic heterocycles. The highest BCUT2D eigenvalue weighted by atomic mass is 35.5. The molecule has 112 valence electrons. The number of rotatable bonds is 3. The van der Waals surface area contributed by atoms with E-state index in [1.807, 2.05) is 0 Å². The minimum absolute atomic E-state index is 0.267. The molecule has 0 aliphatic carbocycles. The summed E-state index contributed by atoms with van der Waals surface area (Å²) in [6, 6.07) is 5.00. The normalized spacial score (nSPS) is 11.7. The van der Waals surface area contributed by atoms with E-state index in [1.165, 1.54) is 12.1 Å². The molecular weight excluding hydrogens is 318 g/mol. The van der Waals surface area contributed by atoms with E-state index in [0.717, 1.165) is 12.1 Å². The van der Waals surface area contributed by atoms with Gasteiger partial charge in [-0.15, -0.1) is 0 Å². The SMILES string of the molecule is O=[N+]([O-])c1c(C(F)(F)F)nn(Cc2cccc(F)c2)c1Cl. The van der Waals surface area contributed by atoms with E-state index in [-0.39, 0.29) is 12.1 Å². The fraction of sp³-hybridized carbons (Fsp3) is 0.182. The number of aromatic nitrogens is 2. The monoisotopic (exact) mass is 323 g/mol. The summed E-state index contributed by atoms with van der Waals surface area (Å²) >= 11 is 5.59. The van der Waals surface area contributed by atoms with Gasteiger partial charge >= 0.3 is 11.9 Å². The maximum absolute atomic E-state index is 13.0. The zero-order chi connectivity index (χ0) is 15.8. The highest BCUT2D eigenvalue weighted by Crippen LogP contribution is 2.39. The van der Waals surface area contributed by atoms with E-state index in [4.69, 9.17) is 11.6 Å². The van der Waals surface area contributed by atoms with Crippen LogP contribution < -0.4 is 0 Å². The molecule has 0 fully saturated rings. The molecular formula is C11H6ClF4N3O2. The predicted molar refractivity (Wildman–Crippen MR) is 64.4 cm³/mol. The fourth-order valence-corrected chi connectivity index (χ4v) is 1.95. The Morgan fingerprint density at radius 1 is 1.38 bits per heavy atom. The molecule has 0 atom stereocenters. The number of nitro groups is 1. The van der Waals surface area contributed by atoms with Gasteiger partial charge in [-0.2, -0.15) is 18.3 Å². The lowest BCUT2D eigenvalue weighted by Crippen LogP contribution is -2.10. The molecule has 1 aromatic heterocycles.